The van der Waals surface area contributed by atoms with Gasteiger partial charge in [-0.2, -0.15) is 0 Å². The van der Waals surface area contributed by atoms with Gasteiger partial charge in [0.2, 0.25) is 0 Å². The first kappa shape index (κ1) is 11.8. The predicted octanol–water partition coefficient (Wildman–Crippen LogP) is 2.77. The van der Waals surface area contributed by atoms with Crippen molar-refractivity contribution in [2.24, 2.45) is 5.92 Å². The third-order valence-electron chi connectivity index (χ3n) is 4.50. The van der Waals surface area contributed by atoms with Crippen molar-refractivity contribution in [3.8, 4) is 0 Å². The Morgan fingerprint density at radius 2 is 2.00 bits per heavy atom. The monoisotopic (exact) mass is 247 g/mol. The van der Waals surface area contributed by atoms with Gasteiger partial charge in [-0.25, -0.2) is 4.39 Å². The van der Waals surface area contributed by atoms with Gasteiger partial charge in [-0.3, -0.25) is 4.90 Å². The molecular weight excluding hydrogens is 229 g/mol. The fourth-order valence-electron chi connectivity index (χ4n) is 3.54. The highest BCUT2D eigenvalue weighted by molar-refractivity contribution is 5.55. The summed E-state index contributed by atoms with van der Waals surface area (Å²) in [5.74, 6) is 0.0145. The number of fused-ring (bicyclic) bond motifs is 2. The number of hydrogen-bond acceptors (Lipinski definition) is 2. The van der Waals surface area contributed by atoms with Crippen LogP contribution < -0.4 is 0 Å². The van der Waals surface area contributed by atoms with Crippen LogP contribution >= 0.6 is 0 Å². The lowest BCUT2D eigenvalue weighted by atomic mass is 9.91. The fourth-order valence-corrected chi connectivity index (χ4v) is 3.54. The zero-order valence-corrected chi connectivity index (χ0v) is 10.4. The number of nitrogens with zero attached hydrogens (tertiary/aromatic N) is 1. The summed E-state index contributed by atoms with van der Waals surface area (Å²) < 4.78 is 13.7. The number of piperidine rings is 1. The van der Waals surface area contributed by atoms with E-state index in [2.05, 4.69) is 4.90 Å². The van der Waals surface area contributed by atoms with Crippen LogP contribution in [0.15, 0.2) is 24.3 Å². The summed E-state index contributed by atoms with van der Waals surface area (Å²) in [7, 11) is 0. The summed E-state index contributed by atoms with van der Waals surface area (Å²) >= 11 is 0. The topological polar surface area (TPSA) is 20.3 Å². The zero-order chi connectivity index (χ0) is 12.5. The molecule has 0 radical (unpaired) electrons. The molecular formula is C15H18FNO. The van der Waals surface area contributed by atoms with Gasteiger partial charge < -0.3 is 4.79 Å². The Bertz CT molecular complexity index is 448. The molecule has 0 N–H and O–H groups in total. The van der Waals surface area contributed by atoms with E-state index in [-0.39, 0.29) is 11.7 Å². The number of aldehydes is 1. The van der Waals surface area contributed by atoms with Crippen molar-refractivity contribution in [3.63, 3.8) is 0 Å². The maximum Gasteiger partial charge on any atom is 0.127 e. The minimum Gasteiger partial charge on any atom is -0.303 e. The molecule has 3 atom stereocenters. The lowest BCUT2D eigenvalue weighted by molar-refractivity contribution is -0.114. The highest BCUT2D eigenvalue weighted by Crippen LogP contribution is 2.39. The highest BCUT2D eigenvalue weighted by Gasteiger charge is 2.42. The van der Waals surface area contributed by atoms with Gasteiger partial charge in [-0.15, -0.1) is 0 Å². The van der Waals surface area contributed by atoms with E-state index in [1.54, 1.807) is 6.07 Å². The van der Waals surface area contributed by atoms with Crippen molar-refractivity contribution in [2.75, 3.05) is 0 Å². The second-order valence-corrected chi connectivity index (χ2v) is 5.44. The molecule has 1 aromatic carbocycles. The van der Waals surface area contributed by atoms with Gasteiger partial charge in [0.05, 0.1) is 0 Å². The molecule has 3 heteroatoms. The van der Waals surface area contributed by atoms with Crippen LogP contribution in [0.3, 0.4) is 0 Å². The molecule has 2 bridgehead atoms. The van der Waals surface area contributed by atoms with Gasteiger partial charge in [-0.1, -0.05) is 18.2 Å². The van der Waals surface area contributed by atoms with E-state index in [1.165, 1.54) is 6.07 Å². The molecule has 2 heterocycles. The van der Waals surface area contributed by atoms with E-state index in [9.17, 15) is 9.18 Å². The molecule has 2 aliphatic rings. The second-order valence-electron chi connectivity index (χ2n) is 5.44. The van der Waals surface area contributed by atoms with E-state index in [0.29, 0.717) is 18.6 Å². The van der Waals surface area contributed by atoms with Crippen molar-refractivity contribution in [2.45, 2.75) is 44.3 Å². The lowest BCUT2D eigenvalue weighted by Crippen LogP contribution is -2.44. The van der Waals surface area contributed by atoms with Gasteiger partial charge in [0.1, 0.15) is 12.1 Å². The molecule has 3 unspecified atom stereocenters. The van der Waals surface area contributed by atoms with Crippen LogP contribution in [-0.2, 0) is 11.3 Å². The number of carbonyl (C=O) groups excluding carboxylic acids is 1. The Morgan fingerprint density at radius 1 is 1.22 bits per heavy atom. The Kier molecular flexibility index (Phi) is 3.16. The van der Waals surface area contributed by atoms with Gasteiger partial charge in [0.25, 0.3) is 0 Å². The number of benzene rings is 1. The summed E-state index contributed by atoms with van der Waals surface area (Å²) in [5.41, 5.74) is 0.751. The van der Waals surface area contributed by atoms with Crippen molar-refractivity contribution in [1.82, 2.24) is 4.90 Å². The van der Waals surface area contributed by atoms with Gasteiger partial charge in [0.15, 0.2) is 0 Å². The third kappa shape index (κ3) is 1.97. The minimum atomic E-state index is -0.134. The zero-order valence-electron chi connectivity index (χ0n) is 10.4. The maximum atomic E-state index is 13.7. The molecule has 0 amide bonds. The molecule has 2 saturated heterocycles. The Morgan fingerprint density at radius 3 is 2.78 bits per heavy atom. The van der Waals surface area contributed by atoms with Crippen LogP contribution in [0.25, 0.3) is 0 Å². The molecule has 0 aromatic heterocycles. The second kappa shape index (κ2) is 4.81. The molecule has 3 rings (SSSR count). The van der Waals surface area contributed by atoms with Crippen molar-refractivity contribution in [3.05, 3.63) is 35.6 Å². The number of rotatable bonds is 3. The van der Waals surface area contributed by atoms with Crippen LogP contribution in [-0.4, -0.2) is 23.3 Å². The first-order chi connectivity index (χ1) is 8.79. The van der Waals surface area contributed by atoms with E-state index < -0.39 is 0 Å². The smallest absolute Gasteiger partial charge is 0.127 e. The average molecular weight is 247 g/mol. The largest absolute Gasteiger partial charge is 0.303 e. The SMILES string of the molecule is O=CC1CCC2CCC1N2Cc1ccccc1F. The summed E-state index contributed by atoms with van der Waals surface area (Å²) in [6, 6.07) is 7.84. The average Bonchev–Trinajstić information content (AvgIpc) is 2.65. The van der Waals surface area contributed by atoms with E-state index >= 15 is 0 Å². The van der Waals surface area contributed by atoms with Crippen LogP contribution in [0.1, 0.15) is 31.2 Å². The minimum absolute atomic E-state index is 0.134. The standard InChI is InChI=1S/C15H18FNO/c16-14-4-2-1-3-11(14)9-17-13-6-5-12(10-18)15(17)8-7-13/h1-4,10,12-13,15H,5-9H2. The molecule has 96 valence electrons. The van der Waals surface area contributed by atoms with Gasteiger partial charge in [0, 0.05) is 30.1 Å². The van der Waals surface area contributed by atoms with Crippen LogP contribution in [0.4, 0.5) is 4.39 Å². The summed E-state index contributed by atoms with van der Waals surface area (Å²) in [6.45, 7) is 0.645. The Hall–Kier alpha value is -1.22. The van der Waals surface area contributed by atoms with Crippen LogP contribution in [0, 0.1) is 11.7 Å². The van der Waals surface area contributed by atoms with Crippen molar-refractivity contribution < 1.29 is 9.18 Å². The Balaban J connectivity index is 1.80. The van der Waals surface area contributed by atoms with E-state index in [0.717, 1.165) is 37.5 Å². The number of hydrogen-bond donors (Lipinski definition) is 0. The molecule has 0 spiro atoms. The molecule has 2 fully saturated rings. The Labute approximate surface area is 107 Å². The lowest BCUT2D eigenvalue weighted by Gasteiger charge is -2.38. The van der Waals surface area contributed by atoms with E-state index in [4.69, 9.17) is 0 Å². The first-order valence-corrected chi connectivity index (χ1v) is 6.74. The summed E-state index contributed by atoms with van der Waals surface area (Å²) in [6.07, 6.45) is 5.42. The third-order valence-corrected chi connectivity index (χ3v) is 4.50. The molecule has 18 heavy (non-hydrogen) atoms. The summed E-state index contributed by atoms with van der Waals surface area (Å²) in [5, 5.41) is 0. The molecule has 2 aliphatic heterocycles. The van der Waals surface area contributed by atoms with Gasteiger partial charge >= 0.3 is 0 Å². The molecule has 0 aliphatic carbocycles. The maximum absolute atomic E-state index is 13.7. The van der Waals surface area contributed by atoms with E-state index in [1.807, 2.05) is 12.1 Å². The number of halogens is 1. The molecule has 0 saturated carbocycles. The summed E-state index contributed by atoms with van der Waals surface area (Å²) in [4.78, 5) is 13.5. The molecule has 1 aromatic rings. The van der Waals surface area contributed by atoms with Crippen LogP contribution in [0.2, 0.25) is 0 Å². The molecule has 2 nitrogen and oxygen atoms in total. The highest BCUT2D eigenvalue weighted by atomic mass is 19.1. The normalized spacial score (nSPS) is 31.5. The van der Waals surface area contributed by atoms with Gasteiger partial charge in [-0.05, 0) is 31.7 Å². The van der Waals surface area contributed by atoms with Crippen LogP contribution in [0.5, 0.6) is 0 Å². The quantitative estimate of drug-likeness (QED) is 0.765. The predicted molar refractivity (Wildman–Crippen MR) is 67.5 cm³/mol. The van der Waals surface area contributed by atoms with Crippen molar-refractivity contribution >= 4 is 6.29 Å². The van der Waals surface area contributed by atoms with Crippen molar-refractivity contribution in [1.29, 1.82) is 0 Å². The fraction of sp³-hybridized carbons (Fsp3) is 0.533. The first-order valence-electron chi connectivity index (χ1n) is 6.74. The number of carbonyl (C=O) groups is 1.